The van der Waals surface area contributed by atoms with Crippen LogP contribution in [0.3, 0.4) is 0 Å². The normalized spacial score (nSPS) is 13.4. The summed E-state index contributed by atoms with van der Waals surface area (Å²) in [7, 11) is 0. The third-order valence-corrected chi connectivity index (χ3v) is 5.15. The predicted molar refractivity (Wildman–Crippen MR) is 115 cm³/mol. The molecule has 0 amide bonds. The maximum absolute atomic E-state index is 6.11. The zero-order valence-electron chi connectivity index (χ0n) is 15.7. The van der Waals surface area contributed by atoms with Crippen LogP contribution in [0.1, 0.15) is 12.8 Å². The molecule has 5 rings (SSSR count). The van der Waals surface area contributed by atoms with Crippen molar-refractivity contribution in [2.24, 2.45) is 5.92 Å². The third kappa shape index (κ3) is 3.31. The van der Waals surface area contributed by atoms with Gasteiger partial charge in [-0.05, 0) is 67.3 Å². The highest BCUT2D eigenvalue weighted by Crippen LogP contribution is 2.41. The molecule has 28 heavy (non-hydrogen) atoms. The molecule has 3 heteroatoms. The van der Waals surface area contributed by atoms with Crippen molar-refractivity contribution >= 4 is 28.0 Å². The third-order valence-electron chi connectivity index (χ3n) is 5.15. The van der Waals surface area contributed by atoms with Gasteiger partial charge in [0.1, 0.15) is 11.3 Å². The van der Waals surface area contributed by atoms with Crippen LogP contribution in [0.15, 0.2) is 91.1 Å². The van der Waals surface area contributed by atoms with Crippen molar-refractivity contribution in [2.45, 2.75) is 12.8 Å². The van der Waals surface area contributed by atoms with Gasteiger partial charge in [0.25, 0.3) is 0 Å². The summed E-state index contributed by atoms with van der Waals surface area (Å²) in [6.45, 7) is 0.784. The standard InChI is InChI=1S/C25H22N2O/c1-3-8-20(9-4-1)27(21-10-5-2-6-11-21)23-15-16-24(28-18-19-13-14-19)25-22(23)12-7-17-26-25/h1-12,15-17,19H,13-14,18H2. The van der Waals surface area contributed by atoms with E-state index in [2.05, 4.69) is 76.6 Å². The van der Waals surface area contributed by atoms with Crippen LogP contribution < -0.4 is 9.64 Å². The Labute approximate surface area is 165 Å². The summed E-state index contributed by atoms with van der Waals surface area (Å²) in [6.07, 6.45) is 4.39. The first kappa shape index (κ1) is 16.8. The molecule has 1 saturated carbocycles. The number of rotatable bonds is 6. The lowest BCUT2D eigenvalue weighted by Crippen LogP contribution is -2.11. The number of aromatic nitrogens is 1. The molecule has 1 fully saturated rings. The minimum Gasteiger partial charge on any atom is -0.491 e. The Morgan fingerprint density at radius 3 is 2.11 bits per heavy atom. The molecule has 0 atom stereocenters. The molecule has 1 aromatic heterocycles. The Morgan fingerprint density at radius 2 is 1.46 bits per heavy atom. The molecule has 0 aliphatic heterocycles. The summed E-state index contributed by atoms with van der Waals surface area (Å²) >= 11 is 0. The number of pyridine rings is 1. The van der Waals surface area contributed by atoms with E-state index in [1.54, 1.807) is 0 Å². The van der Waals surface area contributed by atoms with E-state index >= 15 is 0 Å². The SMILES string of the molecule is c1ccc(N(c2ccccc2)c2ccc(OCC3CC3)c3ncccc23)cc1. The number of ether oxygens (including phenoxy) is 1. The highest BCUT2D eigenvalue weighted by molar-refractivity contribution is 5.99. The second-order valence-corrected chi connectivity index (χ2v) is 7.24. The largest absolute Gasteiger partial charge is 0.491 e. The van der Waals surface area contributed by atoms with E-state index in [9.17, 15) is 0 Å². The van der Waals surface area contributed by atoms with Crippen LogP contribution in [0, 0.1) is 5.92 Å². The first-order chi connectivity index (χ1) is 13.9. The molecule has 0 radical (unpaired) electrons. The Hall–Kier alpha value is -3.33. The van der Waals surface area contributed by atoms with E-state index in [4.69, 9.17) is 4.74 Å². The first-order valence-electron chi connectivity index (χ1n) is 9.81. The minimum atomic E-state index is 0.712. The van der Waals surface area contributed by atoms with Gasteiger partial charge in [-0.3, -0.25) is 4.98 Å². The van der Waals surface area contributed by atoms with E-state index in [1.807, 2.05) is 24.4 Å². The number of hydrogen-bond donors (Lipinski definition) is 0. The van der Waals surface area contributed by atoms with Crippen LogP contribution in [0.5, 0.6) is 5.75 Å². The quantitative estimate of drug-likeness (QED) is 0.390. The summed E-state index contributed by atoms with van der Waals surface area (Å²) < 4.78 is 6.11. The molecule has 0 bridgehead atoms. The number of nitrogens with zero attached hydrogens (tertiary/aromatic N) is 2. The van der Waals surface area contributed by atoms with Crippen molar-refractivity contribution in [1.29, 1.82) is 0 Å². The maximum atomic E-state index is 6.11. The van der Waals surface area contributed by atoms with Gasteiger partial charge < -0.3 is 9.64 Å². The van der Waals surface area contributed by atoms with Gasteiger partial charge in [-0.25, -0.2) is 0 Å². The fraction of sp³-hybridized carbons (Fsp3) is 0.160. The summed E-state index contributed by atoms with van der Waals surface area (Å²) in [5.41, 5.74) is 4.24. The molecule has 0 spiro atoms. The van der Waals surface area contributed by atoms with Crippen LogP contribution >= 0.6 is 0 Å². The van der Waals surface area contributed by atoms with Crippen molar-refractivity contribution in [3.8, 4) is 5.75 Å². The minimum absolute atomic E-state index is 0.712. The van der Waals surface area contributed by atoms with E-state index in [-0.39, 0.29) is 0 Å². The van der Waals surface area contributed by atoms with Crippen LogP contribution in [0.2, 0.25) is 0 Å². The fourth-order valence-corrected chi connectivity index (χ4v) is 3.52. The van der Waals surface area contributed by atoms with Crippen molar-refractivity contribution in [1.82, 2.24) is 4.98 Å². The van der Waals surface area contributed by atoms with Gasteiger partial charge in [0.2, 0.25) is 0 Å². The molecule has 138 valence electrons. The molecule has 3 nitrogen and oxygen atoms in total. The van der Waals surface area contributed by atoms with Crippen molar-refractivity contribution in [3.63, 3.8) is 0 Å². The van der Waals surface area contributed by atoms with Gasteiger partial charge in [0.15, 0.2) is 0 Å². The molecule has 1 aliphatic carbocycles. The summed E-state index contributed by atoms with van der Waals surface area (Å²) in [5, 5.41) is 1.09. The molecule has 0 N–H and O–H groups in total. The monoisotopic (exact) mass is 366 g/mol. The maximum Gasteiger partial charge on any atom is 0.145 e. The van der Waals surface area contributed by atoms with Gasteiger partial charge in [-0.2, -0.15) is 0 Å². The molecule has 3 aromatic carbocycles. The van der Waals surface area contributed by atoms with Crippen LogP contribution in [-0.4, -0.2) is 11.6 Å². The zero-order valence-corrected chi connectivity index (χ0v) is 15.7. The average Bonchev–Trinajstić information content (AvgIpc) is 3.59. The van der Waals surface area contributed by atoms with Crippen molar-refractivity contribution in [3.05, 3.63) is 91.1 Å². The van der Waals surface area contributed by atoms with Gasteiger partial charge in [-0.1, -0.05) is 36.4 Å². The summed E-state index contributed by atoms with van der Waals surface area (Å²) in [6, 6.07) is 29.2. The molecule has 1 heterocycles. The van der Waals surface area contributed by atoms with Gasteiger partial charge >= 0.3 is 0 Å². The number of hydrogen-bond acceptors (Lipinski definition) is 3. The summed E-state index contributed by atoms with van der Waals surface area (Å²) in [4.78, 5) is 6.93. The summed E-state index contributed by atoms with van der Waals surface area (Å²) in [5.74, 6) is 1.58. The number of fused-ring (bicyclic) bond motifs is 1. The van der Waals surface area contributed by atoms with Crippen molar-refractivity contribution in [2.75, 3.05) is 11.5 Å². The molecule has 0 saturated heterocycles. The number of anilines is 3. The predicted octanol–water partition coefficient (Wildman–Crippen LogP) is 6.49. The average molecular weight is 366 g/mol. The highest BCUT2D eigenvalue weighted by atomic mass is 16.5. The number of benzene rings is 3. The second kappa shape index (κ2) is 7.35. The van der Waals surface area contributed by atoms with Crippen LogP contribution in [0.4, 0.5) is 17.1 Å². The number of para-hydroxylation sites is 2. The van der Waals surface area contributed by atoms with Crippen LogP contribution in [0.25, 0.3) is 10.9 Å². The Morgan fingerprint density at radius 1 is 0.786 bits per heavy atom. The van der Waals surface area contributed by atoms with E-state index in [0.717, 1.165) is 40.3 Å². The second-order valence-electron chi connectivity index (χ2n) is 7.24. The Balaban J connectivity index is 1.66. The first-order valence-corrected chi connectivity index (χ1v) is 9.81. The Kier molecular flexibility index (Phi) is 4.42. The smallest absolute Gasteiger partial charge is 0.145 e. The lowest BCUT2D eigenvalue weighted by molar-refractivity contribution is 0.302. The van der Waals surface area contributed by atoms with Gasteiger partial charge in [-0.15, -0.1) is 0 Å². The molecule has 1 aliphatic rings. The fourth-order valence-electron chi connectivity index (χ4n) is 3.52. The van der Waals surface area contributed by atoms with E-state index in [1.165, 1.54) is 12.8 Å². The van der Waals surface area contributed by atoms with E-state index < -0.39 is 0 Å². The van der Waals surface area contributed by atoms with Gasteiger partial charge in [0.05, 0.1) is 12.3 Å². The van der Waals surface area contributed by atoms with Crippen LogP contribution in [-0.2, 0) is 0 Å². The lowest BCUT2D eigenvalue weighted by atomic mass is 10.1. The molecular formula is C25H22N2O. The molecule has 4 aromatic rings. The molecule has 0 unspecified atom stereocenters. The highest BCUT2D eigenvalue weighted by Gasteiger charge is 2.23. The topological polar surface area (TPSA) is 25.4 Å². The Bertz CT molecular complexity index is 1040. The lowest BCUT2D eigenvalue weighted by Gasteiger charge is -2.27. The zero-order chi connectivity index (χ0) is 18.8. The van der Waals surface area contributed by atoms with E-state index in [0.29, 0.717) is 5.92 Å². The molecular weight excluding hydrogens is 344 g/mol. The van der Waals surface area contributed by atoms with Crippen molar-refractivity contribution < 1.29 is 4.74 Å². The van der Waals surface area contributed by atoms with Gasteiger partial charge in [0, 0.05) is 23.0 Å².